The second kappa shape index (κ2) is 8.20. The second-order valence-electron chi connectivity index (χ2n) is 9.35. The van der Waals surface area contributed by atoms with Crippen molar-refractivity contribution in [3.05, 3.63) is 70.9 Å². The van der Waals surface area contributed by atoms with E-state index in [2.05, 4.69) is 16.3 Å². The van der Waals surface area contributed by atoms with E-state index < -0.39 is 11.6 Å². The van der Waals surface area contributed by atoms with Gasteiger partial charge < -0.3 is 4.74 Å². The van der Waals surface area contributed by atoms with Gasteiger partial charge >= 0.3 is 0 Å². The Kier molecular flexibility index (Phi) is 5.13. The van der Waals surface area contributed by atoms with Crippen molar-refractivity contribution >= 4 is 11.0 Å². The number of aromatic nitrogens is 5. The summed E-state index contributed by atoms with van der Waals surface area (Å²) in [7, 11) is 0. The lowest BCUT2D eigenvalue weighted by atomic mass is 9.89. The highest BCUT2D eigenvalue weighted by Gasteiger charge is 2.30. The Morgan fingerprint density at radius 3 is 2.62 bits per heavy atom. The molecular formula is C26H25F2N5O. The standard InChI is InChI=1S/C26H25F2N5O/c1-14-15(2)31-26-23(30-14)11-22(32-25(26)20-6-3-18(27)10-21(20)28)16-7-8-34-24(9-16)17-12-29-33(13-17)19-4-5-19/h3,6,10-13,16,19,24H,4-5,7-9H2,1-2H3/t16-,24-/m0/s1. The van der Waals surface area contributed by atoms with Crippen molar-refractivity contribution in [1.82, 2.24) is 24.7 Å². The molecule has 4 heterocycles. The van der Waals surface area contributed by atoms with Gasteiger partial charge in [0.05, 0.1) is 35.2 Å². The van der Waals surface area contributed by atoms with Crippen LogP contribution in [0.1, 0.15) is 66.4 Å². The molecule has 0 unspecified atom stereocenters. The highest BCUT2D eigenvalue weighted by atomic mass is 19.1. The lowest BCUT2D eigenvalue weighted by Crippen LogP contribution is -2.19. The van der Waals surface area contributed by atoms with Crippen molar-refractivity contribution < 1.29 is 13.5 Å². The van der Waals surface area contributed by atoms with Gasteiger partial charge in [0.25, 0.3) is 0 Å². The van der Waals surface area contributed by atoms with Gasteiger partial charge in [0.2, 0.25) is 0 Å². The summed E-state index contributed by atoms with van der Waals surface area (Å²) in [6.07, 6.45) is 7.83. The van der Waals surface area contributed by atoms with Crippen LogP contribution in [0.3, 0.4) is 0 Å². The summed E-state index contributed by atoms with van der Waals surface area (Å²) in [5, 5.41) is 4.51. The SMILES string of the molecule is Cc1nc2cc([C@H]3CCO[C@H](c4cnn(C5CC5)c4)C3)nc(-c3ccc(F)cc3F)c2nc1C. The van der Waals surface area contributed by atoms with Crippen LogP contribution >= 0.6 is 0 Å². The molecule has 1 aliphatic carbocycles. The number of ether oxygens (including phenoxy) is 1. The predicted molar refractivity (Wildman–Crippen MR) is 123 cm³/mol. The first kappa shape index (κ1) is 21.3. The molecule has 1 saturated carbocycles. The monoisotopic (exact) mass is 461 g/mol. The van der Waals surface area contributed by atoms with E-state index in [1.165, 1.54) is 25.0 Å². The van der Waals surface area contributed by atoms with E-state index in [0.29, 0.717) is 29.4 Å². The van der Waals surface area contributed by atoms with Crippen LogP contribution in [0.5, 0.6) is 0 Å². The van der Waals surface area contributed by atoms with Gasteiger partial charge in [-0.25, -0.2) is 23.7 Å². The van der Waals surface area contributed by atoms with Gasteiger partial charge in [0.1, 0.15) is 22.8 Å². The summed E-state index contributed by atoms with van der Waals surface area (Å²) in [4.78, 5) is 14.3. The maximum Gasteiger partial charge on any atom is 0.135 e. The molecule has 174 valence electrons. The molecule has 34 heavy (non-hydrogen) atoms. The molecule has 0 amide bonds. The third-order valence-electron chi connectivity index (χ3n) is 6.89. The molecule has 0 bridgehead atoms. The van der Waals surface area contributed by atoms with Crippen LogP contribution in [0.25, 0.3) is 22.3 Å². The van der Waals surface area contributed by atoms with Gasteiger partial charge in [-0.1, -0.05) is 0 Å². The van der Waals surface area contributed by atoms with Gasteiger partial charge in [0.15, 0.2) is 0 Å². The van der Waals surface area contributed by atoms with Crippen LogP contribution in [-0.2, 0) is 4.74 Å². The minimum Gasteiger partial charge on any atom is -0.373 e. The van der Waals surface area contributed by atoms with Crippen molar-refractivity contribution in [2.24, 2.45) is 0 Å². The summed E-state index contributed by atoms with van der Waals surface area (Å²) >= 11 is 0. The van der Waals surface area contributed by atoms with E-state index in [1.807, 2.05) is 30.8 Å². The van der Waals surface area contributed by atoms with E-state index in [-0.39, 0.29) is 17.6 Å². The van der Waals surface area contributed by atoms with Gasteiger partial charge in [0, 0.05) is 41.6 Å². The lowest BCUT2D eigenvalue weighted by molar-refractivity contribution is 0.00462. The largest absolute Gasteiger partial charge is 0.373 e. The fourth-order valence-corrected chi connectivity index (χ4v) is 4.68. The fraction of sp³-hybridized carbons (Fsp3) is 0.385. The Labute approximate surface area is 196 Å². The van der Waals surface area contributed by atoms with Crippen molar-refractivity contribution in [3.8, 4) is 11.3 Å². The number of pyridine rings is 1. The maximum absolute atomic E-state index is 14.8. The molecule has 0 radical (unpaired) electrons. The number of benzene rings is 1. The molecule has 4 aromatic rings. The quantitative estimate of drug-likeness (QED) is 0.387. The fourth-order valence-electron chi connectivity index (χ4n) is 4.68. The summed E-state index contributed by atoms with van der Waals surface area (Å²) < 4.78 is 36.6. The number of fused-ring (bicyclic) bond motifs is 1. The average Bonchev–Trinajstić information content (AvgIpc) is 3.56. The van der Waals surface area contributed by atoms with Crippen molar-refractivity contribution in [3.63, 3.8) is 0 Å². The number of rotatable bonds is 4. The highest BCUT2D eigenvalue weighted by molar-refractivity contribution is 5.89. The molecule has 1 aromatic carbocycles. The van der Waals surface area contributed by atoms with Crippen molar-refractivity contribution in [1.29, 1.82) is 0 Å². The average molecular weight is 462 g/mol. The Morgan fingerprint density at radius 1 is 1.00 bits per heavy atom. The molecule has 8 heteroatoms. The molecule has 2 fully saturated rings. The summed E-state index contributed by atoms with van der Waals surface area (Å²) in [6, 6.07) is 6.03. The van der Waals surface area contributed by atoms with E-state index >= 15 is 0 Å². The predicted octanol–water partition coefficient (Wildman–Crippen LogP) is 5.75. The van der Waals surface area contributed by atoms with Crippen LogP contribution in [0, 0.1) is 25.5 Å². The number of aryl methyl sites for hydroxylation is 2. The zero-order valence-electron chi connectivity index (χ0n) is 19.1. The van der Waals surface area contributed by atoms with Crippen LogP contribution in [0.15, 0.2) is 36.7 Å². The maximum atomic E-state index is 14.8. The van der Waals surface area contributed by atoms with E-state index in [1.54, 1.807) is 0 Å². The van der Waals surface area contributed by atoms with Crippen LogP contribution in [-0.4, -0.2) is 31.3 Å². The molecule has 6 rings (SSSR count). The number of hydrogen-bond acceptors (Lipinski definition) is 5. The van der Waals surface area contributed by atoms with E-state index in [4.69, 9.17) is 14.7 Å². The molecule has 0 spiro atoms. The molecule has 3 aromatic heterocycles. The van der Waals surface area contributed by atoms with E-state index in [0.717, 1.165) is 41.6 Å². The minimum absolute atomic E-state index is 0.0689. The first-order chi connectivity index (χ1) is 16.5. The highest BCUT2D eigenvalue weighted by Crippen LogP contribution is 2.40. The van der Waals surface area contributed by atoms with Gasteiger partial charge in [-0.2, -0.15) is 5.10 Å². The number of nitrogens with zero attached hydrogens (tertiary/aromatic N) is 5. The van der Waals surface area contributed by atoms with Crippen LogP contribution in [0.2, 0.25) is 0 Å². The zero-order valence-corrected chi connectivity index (χ0v) is 19.1. The van der Waals surface area contributed by atoms with Crippen LogP contribution in [0.4, 0.5) is 8.78 Å². The molecule has 1 saturated heterocycles. The van der Waals surface area contributed by atoms with Crippen molar-refractivity contribution in [2.45, 2.75) is 57.6 Å². The van der Waals surface area contributed by atoms with Gasteiger partial charge in [-0.3, -0.25) is 4.68 Å². The Morgan fingerprint density at radius 2 is 1.82 bits per heavy atom. The zero-order chi connectivity index (χ0) is 23.4. The Bertz CT molecular complexity index is 1400. The van der Waals surface area contributed by atoms with Gasteiger partial charge in [-0.15, -0.1) is 0 Å². The van der Waals surface area contributed by atoms with Gasteiger partial charge in [-0.05, 0) is 57.7 Å². The first-order valence-electron chi connectivity index (χ1n) is 11.7. The summed E-state index contributed by atoms with van der Waals surface area (Å²) in [5.41, 5.74) is 5.27. The summed E-state index contributed by atoms with van der Waals surface area (Å²) in [5.74, 6) is -1.18. The second-order valence-corrected chi connectivity index (χ2v) is 9.35. The lowest BCUT2D eigenvalue weighted by Gasteiger charge is -2.29. The minimum atomic E-state index is -0.664. The normalized spacial score (nSPS) is 20.7. The van der Waals surface area contributed by atoms with Crippen LogP contribution < -0.4 is 0 Å². The van der Waals surface area contributed by atoms with E-state index in [9.17, 15) is 8.78 Å². The van der Waals surface area contributed by atoms with Crippen molar-refractivity contribution in [2.75, 3.05) is 6.61 Å². The summed E-state index contributed by atoms with van der Waals surface area (Å²) in [6.45, 7) is 4.37. The molecule has 2 atom stereocenters. The smallest absolute Gasteiger partial charge is 0.135 e. The molecule has 1 aliphatic heterocycles. The molecule has 2 aliphatic rings. The number of hydrogen-bond donors (Lipinski definition) is 0. The number of halogens is 2. The Balaban J connectivity index is 1.41. The Hall–Kier alpha value is -3.26. The topological polar surface area (TPSA) is 65.7 Å². The molecular weight excluding hydrogens is 436 g/mol. The molecule has 0 N–H and O–H groups in total. The first-order valence-corrected chi connectivity index (χ1v) is 11.7. The third kappa shape index (κ3) is 3.86. The third-order valence-corrected chi connectivity index (χ3v) is 6.89. The molecule has 6 nitrogen and oxygen atoms in total.